The lowest BCUT2D eigenvalue weighted by Crippen LogP contribution is -1.81. The molecule has 1 aromatic heterocycles. The second-order valence-electron chi connectivity index (χ2n) is 4.83. The SMILES string of the molecule is CSc1cc(Sc2cc(Cl)c(C)s2)cc(-c2ccccc2)c1. The lowest BCUT2D eigenvalue weighted by molar-refractivity contribution is 1.33. The van der Waals surface area contributed by atoms with E-state index in [0.29, 0.717) is 0 Å². The Morgan fingerprint density at radius 1 is 0.909 bits per heavy atom. The monoisotopic (exact) mass is 362 g/mol. The molecule has 4 heteroatoms. The summed E-state index contributed by atoms with van der Waals surface area (Å²) in [5.41, 5.74) is 2.51. The first-order chi connectivity index (χ1) is 10.7. The van der Waals surface area contributed by atoms with Gasteiger partial charge in [-0.1, -0.05) is 53.7 Å². The number of thioether (sulfide) groups is 1. The van der Waals surface area contributed by atoms with E-state index in [-0.39, 0.29) is 0 Å². The predicted molar refractivity (Wildman–Crippen MR) is 102 cm³/mol. The molecule has 0 atom stereocenters. The molecule has 3 rings (SSSR count). The Balaban J connectivity index is 1.97. The maximum atomic E-state index is 6.17. The molecule has 0 saturated carbocycles. The zero-order valence-electron chi connectivity index (χ0n) is 12.3. The van der Waals surface area contributed by atoms with E-state index in [2.05, 4.69) is 61.7 Å². The lowest BCUT2D eigenvalue weighted by Gasteiger charge is -2.08. The van der Waals surface area contributed by atoms with Crippen LogP contribution in [-0.2, 0) is 0 Å². The zero-order chi connectivity index (χ0) is 15.5. The summed E-state index contributed by atoms with van der Waals surface area (Å²) in [6.45, 7) is 2.06. The quantitative estimate of drug-likeness (QED) is 0.448. The van der Waals surface area contributed by atoms with Gasteiger partial charge in [-0.25, -0.2) is 0 Å². The molecule has 2 aromatic carbocycles. The minimum Gasteiger partial charge on any atom is -0.132 e. The highest BCUT2D eigenvalue weighted by atomic mass is 35.5. The molecule has 0 nitrogen and oxygen atoms in total. The number of hydrogen-bond donors (Lipinski definition) is 0. The Morgan fingerprint density at radius 3 is 2.27 bits per heavy atom. The highest BCUT2D eigenvalue weighted by Gasteiger charge is 2.08. The first kappa shape index (κ1) is 16.0. The number of hydrogen-bond acceptors (Lipinski definition) is 3. The van der Waals surface area contributed by atoms with Gasteiger partial charge in [0.25, 0.3) is 0 Å². The Bertz CT molecular complexity index is 759. The molecule has 0 aliphatic carbocycles. The third-order valence-corrected chi connectivity index (χ3v) is 6.62. The van der Waals surface area contributed by atoms with Crippen LogP contribution in [0, 0.1) is 6.92 Å². The topological polar surface area (TPSA) is 0 Å². The van der Waals surface area contributed by atoms with Crippen LogP contribution in [0.3, 0.4) is 0 Å². The fourth-order valence-electron chi connectivity index (χ4n) is 2.15. The standard InChI is InChI=1S/C18H15ClS3/c1-12-17(19)11-18(21-12)22-16-9-14(8-15(10-16)20-2)13-6-4-3-5-7-13/h3-11H,1-2H3. The number of thiophene rings is 1. The average molecular weight is 363 g/mol. The first-order valence-corrected chi connectivity index (χ1v) is 10.1. The molecule has 3 aromatic rings. The van der Waals surface area contributed by atoms with Gasteiger partial charge in [-0.05, 0) is 48.6 Å². The van der Waals surface area contributed by atoms with Gasteiger partial charge in [0.05, 0.1) is 9.23 Å². The molecule has 0 bridgehead atoms. The van der Waals surface area contributed by atoms with Crippen LogP contribution in [0.5, 0.6) is 0 Å². The van der Waals surface area contributed by atoms with Crippen molar-refractivity contribution in [3.05, 3.63) is 64.5 Å². The van der Waals surface area contributed by atoms with E-state index < -0.39 is 0 Å². The Hall–Kier alpha value is -0.870. The van der Waals surface area contributed by atoms with Gasteiger partial charge in [-0.3, -0.25) is 0 Å². The molecule has 0 aliphatic heterocycles. The van der Waals surface area contributed by atoms with Crippen LogP contribution in [-0.4, -0.2) is 6.26 Å². The molecule has 0 saturated heterocycles. The van der Waals surface area contributed by atoms with Gasteiger partial charge >= 0.3 is 0 Å². The summed E-state index contributed by atoms with van der Waals surface area (Å²) >= 11 is 11.5. The predicted octanol–water partition coefficient (Wildman–Crippen LogP) is 7.25. The first-order valence-electron chi connectivity index (χ1n) is 6.84. The largest absolute Gasteiger partial charge is 0.132 e. The second kappa shape index (κ2) is 7.14. The number of aryl methyl sites for hydroxylation is 1. The van der Waals surface area contributed by atoms with Crippen molar-refractivity contribution in [1.29, 1.82) is 0 Å². The third kappa shape index (κ3) is 3.72. The van der Waals surface area contributed by atoms with Gasteiger partial charge in [0.15, 0.2) is 0 Å². The minimum atomic E-state index is 0.858. The average Bonchev–Trinajstić information content (AvgIpc) is 2.85. The summed E-state index contributed by atoms with van der Waals surface area (Å²) in [4.78, 5) is 3.71. The molecule has 0 spiro atoms. The highest BCUT2D eigenvalue weighted by Crippen LogP contribution is 2.40. The Kier molecular flexibility index (Phi) is 5.19. The zero-order valence-corrected chi connectivity index (χ0v) is 15.5. The lowest BCUT2D eigenvalue weighted by atomic mass is 10.1. The van der Waals surface area contributed by atoms with Crippen molar-refractivity contribution in [2.24, 2.45) is 0 Å². The highest BCUT2D eigenvalue weighted by molar-refractivity contribution is 8.01. The summed E-state index contributed by atoms with van der Waals surface area (Å²) in [7, 11) is 0. The summed E-state index contributed by atoms with van der Waals surface area (Å²) in [5, 5.41) is 0.858. The maximum Gasteiger partial charge on any atom is 0.0664 e. The van der Waals surface area contributed by atoms with Crippen molar-refractivity contribution in [1.82, 2.24) is 0 Å². The number of rotatable bonds is 4. The molecule has 22 heavy (non-hydrogen) atoms. The van der Waals surface area contributed by atoms with Gasteiger partial charge in [0, 0.05) is 14.7 Å². The van der Waals surface area contributed by atoms with E-state index in [1.54, 1.807) is 34.9 Å². The van der Waals surface area contributed by atoms with E-state index >= 15 is 0 Å². The van der Waals surface area contributed by atoms with Crippen LogP contribution in [0.4, 0.5) is 0 Å². The third-order valence-electron chi connectivity index (χ3n) is 3.28. The fourth-order valence-corrected chi connectivity index (χ4v) is 5.31. The van der Waals surface area contributed by atoms with Gasteiger partial charge in [-0.2, -0.15) is 0 Å². The maximum absolute atomic E-state index is 6.17. The van der Waals surface area contributed by atoms with Crippen LogP contribution >= 0.6 is 46.5 Å². The van der Waals surface area contributed by atoms with Crippen molar-refractivity contribution in [2.45, 2.75) is 20.9 Å². The minimum absolute atomic E-state index is 0.858. The number of halogens is 1. The van der Waals surface area contributed by atoms with Crippen LogP contribution in [0.15, 0.2) is 68.6 Å². The molecule has 0 radical (unpaired) electrons. The summed E-state index contributed by atoms with van der Waals surface area (Å²) in [5.74, 6) is 0. The molecular weight excluding hydrogens is 348 g/mol. The van der Waals surface area contributed by atoms with Crippen LogP contribution in [0.2, 0.25) is 5.02 Å². The molecule has 0 fully saturated rings. The van der Waals surface area contributed by atoms with Crippen LogP contribution in [0.1, 0.15) is 4.88 Å². The summed E-state index contributed by atoms with van der Waals surface area (Å²) in [6, 6.07) is 19.3. The normalized spacial score (nSPS) is 10.9. The van der Waals surface area contributed by atoms with E-state index in [0.717, 1.165) is 5.02 Å². The van der Waals surface area contributed by atoms with Crippen molar-refractivity contribution in [3.63, 3.8) is 0 Å². The summed E-state index contributed by atoms with van der Waals surface area (Å²) in [6.07, 6.45) is 2.12. The fraction of sp³-hybridized carbons (Fsp3) is 0.111. The molecule has 112 valence electrons. The Labute approximate surface area is 148 Å². The van der Waals surface area contributed by atoms with Crippen molar-refractivity contribution in [3.8, 4) is 11.1 Å². The molecule has 0 amide bonds. The van der Waals surface area contributed by atoms with Gasteiger partial charge < -0.3 is 0 Å². The van der Waals surface area contributed by atoms with Gasteiger partial charge in [-0.15, -0.1) is 23.1 Å². The van der Waals surface area contributed by atoms with Crippen LogP contribution < -0.4 is 0 Å². The molecule has 0 N–H and O–H groups in total. The van der Waals surface area contributed by atoms with Crippen molar-refractivity contribution < 1.29 is 0 Å². The van der Waals surface area contributed by atoms with E-state index in [1.165, 1.54) is 30.0 Å². The number of benzene rings is 2. The molecule has 0 unspecified atom stereocenters. The summed E-state index contributed by atoms with van der Waals surface area (Å²) < 4.78 is 1.24. The van der Waals surface area contributed by atoms with Gasteiger partial charge in [0.1, 0.15) is 0 Å². The molecule has 1 heterocycles. The molecular formula is C18H15ClS3. The van der Waals surface area contributed by atoms with E-state index in [1.807, 2.05) is 6.07 Å². The van der Waals surface area contributed by atoms with E-state index in [9.17, 15) is 0 Å². The van der Waals surface area contributed by atoms with Gasteiger partial charge in [0.2, 0.25) is 0 Å². The van der Waals surface area contributed by atoms with Crippen molar-refractivity contribution >= 4 is 46.5 Å². The molecule has 0 aliphatic rings. The smallest absolute Gasteiger partial charge is 0.0664 e. The second-order valence-corrected chi connectivity index (χ2v) is 8.75. The Morgan fingerprint density at radius 2 is 1.64 bits per heavy atom. The van der Waals surface area contributed by atoms with Crippen molar-refractivity contribution in [2.75, 3.05) is 6.26 Å². The van der Waals surface area contributed by atoms with Crippen LogP contribution in [0.25, 0.3) is 11.1 Å². The van der Waals surface area contributed by atoms with E-state index in [4.69, 9.17) is 11.6 Å².